The Kier molecular flexibility index (Phi) is 9.99. The predicted molar refractivity (Wildman–Crippen MR) is 345 cm³/mol. The van der Waals surface area contributed by atoms with Crippen molar-refractivity contribution in [1.82, 2.24) is 0 Å². The number of benzene rings is 7. The van der Waals surface area contributed by atoms with E-state index in [1.165, 1.54) is 106 Å². The predicted octanol–water partition coefficient (Wildman–Crippen LogP) is 19.0. The van der Waals surface area contributed by atoms with Crippen LogP contribution in [0, 0.1) is 0 Å². The van der Waals surface area contributed by atoms with Gasteiger partial charge in [0.1, 0.15) is 0 Å². The van der Waals surface area contributed by atoms with Crippen molar-refractivity contribution in [2.75, 3.05) is 14.7 Å². The molecular formula is C74H84BN3S. The largest absolute Gasteiger partial charge is 0.335 e. The minimum Gasteiger partial charge on any atom is -0.335 e. The molecule has 79 heavy (non-hydrogen) atoms. The lowest BCUT2D eigenvalue weighted by Gasteiger charge is -2.54. The summed E-state index contributed by atoms with van der Waals surface area (Å²) in [5, 5.41) is 2.70. The molecule has 0 bridgehead atoms. The van der Waals surface area contributed by atoms with E-state index in [0.717, 1.165) is 61.2 Å². The number of fused-ring (bicyclic) bond motifs is 14. The Bertz CT molecular complexity index is 4070. The van der Waals surface area contributed by atoms with E-state index in [1.54, 1.807) is 0 Å². The van der Waals surface area contributed by atoms with E-state index in [4.69, 9.17) is 0 Å². The van der Waals surface area contributed by atoms with Crippen molar-refractivity contribution >= 4 is 94.4 Å². The lowest BCUT2D eigenvalue weighted by Crippen LogP contribution is -2.65. The maximum Gasteiger partial charge on any atom is 0.253 e. The van der Waals surface area contributed by atoms with Crippen molar-refractivity contribution in [2.45, 2.75) is 206 Å². The smallest absolute Gasteiger partial charge is 0.253 e. The fraction of sp³-hybridized carbons (Fsp3) is 0.432. The van der Waals surface area contributed by atoms with Crippen molar-refractivity contribution < 1.29 is 4.11 Å². The molecule has 7 aromatic carbocycles. The summed E-state index contributed by atoms with van der Waals surface area (Å²) >= 11 is 1.94. The van der Waals surface area contributed by atoms with Gasteiger partial charge in [0.05, 0.1) is 20.9 Å². The first-order valence-electron chi connectivity index (χ1n) is 31.6. The van der Waals surface area contributed by atoms with Crippen molar-refractivity contribution in [3.8, 4) is 11.1 Å². The molecule has 4 aliphatic heterocycles. The van der Waals surface area contributed by atoms with Crippen LogP contribution in [0.1, 0.15) is 200 Å². The van der Waals surface area contributed by atoms with Gasteiger partial charge in [0.25, 0.3) is 6.71 Å². The van der Waals surface area contributed by atoms with Gasteiger partial charge >= 0.3 is 0 Å². The number of thiophene rings is 1. The molecule has 8 aromatic rings. The number of hydrogen-bond donors (Lipinski definition) is 0. The highest BCUT2D eigenvalue weighted by Gasteiger charge is 2.63. The van der Waals surface area contributed by atoms with Gasteiger partial charge in [-0.2, -0.15) is 0 Å². The second kappa shape index (κ2) is 16.5. The highest BCUT2D eigenvalue weighted by Crippen LogP contribution is 2.66. The maximum absolute atomic E-state index is 10.4. The Morgan fingerprint density at radius 2 is 1.08 bits per heavy atom. The monoisotopic (exact) mass is 1060 g/mol. The third-order valence-electron chi connectivity index (χ3n) is 21.4. The molecule has 2 fully saturated rings. The second-order valence-electron chi connectivity index (χ2n) is 30.2. The van der Waals surface area contributed by atoms with E-state index in [0.29, 0.717) is 11.6 Å². The van der Waals surface area contributed by atoms with E-state index < -0.39 is 16.4 Å². The summed E-state index contributed by atoms with van der Waals surface area (Å²) in [6.07, 6.45) is 8.55. The van der Waals surface area contributed by atoms with Gasteiger partial charge in [-0.25, -0.2) is 0 Å². The van der Waals surface area contributed by atoms with Gasteiger partial charge in [-0.3, -0.25) is 0 Å². The van der Waals surface area contributed by atoms with E-state index in [1.807, 2.05) is 11.3 Å². The number of nitrogens with zero attached hydrogens (tertiary/aromatic N) is 3. The average Bonchev–Trinajstić information content (AvgIpc) is 1.59. The van der Waals surface area contributed by atoms with Crippen molar-refractivity contribution in [1.29, 1.82) is 0 Å². The van der Waals surface area contributed by atoms with Gasteiger partial charge in [-0.1, -0.05) is 189 Å². The normalized spacial score (nSPS) is 24.7. The summed E-state index contributed by atoms with van der Waals surface area (Å²) in [7, 11) is 0. The summed E-state index contributed by atoms with van der Waals surface area (Å²) in [4.78, 5) is 8.13. The highest BCUT2D eigenvalue weighted by molar-refractivity contribution is 7.26. The van der Waals surface area contributed by atoms with Crippen LogP contribution in [-0.2, 0) is 32.5 Å². The third-order valence-corrected chi connectivity index (χ3v) is 22.5. The number of hydrogen-bond acceptors (Lipinski definition) is 4. The van der Waals surface area contributed by atoms with Crippen LogP contribution in [0.3, 0.4) is 0 Å². The quantitative estimate of drug-likeness (QED) is 0.163. The Morgan fingerprint density at radius 3 is 1.75 bits per heavy atom. The third kappa shape index (κ3) is 6.96. The molecule has 0 amide bonds. The highest BCUT2D eigenvalue weighted by atomic mass is 32.1. The van der Waals surface area contributed by atoms with E-state index in [2.05, 4.69) is 229 Å². The van der Waals surface area contributed by atoms with Gasteiger partial charge in [-0.05, 0) is 176 Å². The molecule has 6 aliphatic rings. The standard InChI is InChI=1S/C74H84BN3S/c1-67(2,3)46-26-29-56(51(38-46)45-24-18-17-19-25-45)76-58-31-33-62-63(52-39-47(68(4,5)6)28-32-61(52)79-62)65(58)75-55-42-49(70(10,11)12)41-54-66(55)78(74(16)37-23-21-35-72(54,74)14)60-44-50(43-59(76)64(60)75)77-57-30-27-48(69(7,8)9)40-53(57)71(13)34-20-22-36-73(71,77)15/h17-19,24-33,38-44H,20-23,34-37H2,1-16H3/i27D,30D,40D. The van der Waals surface area contributed by atoms with E-state index >= 15 is 0 Å². The van der Waals surface area contributed by atoms with Crippen LogP contribution >= 0.6 is 11.3 Å². The Hall–Kier alpha value is -5.78. The van der Waals surface area contributed by atoms with Crippen LogP contribution in [0.2, 0.25) is 0 Å². The summed E-state index contributed by atoms with van der Waals surface area (Å²) in [6, 6.07) is 41.9. The molecule has 0 N–H and O–H groups in total. The Morgan fingerprint density at radius 1 is 0.494 bits per heavy atom. The minimum absolute atomic E-state index is 0.0405. The number of anilines is 7. The van der Waals surface area contributed by atoms with Crippen LogP contribution in [0.25, 0.3) is 31.3 Å². The van der Waals surface area contributed by atoms with Gasteiger partial charge < -0.3 is 14.7 Å². The molecule has 2 saturated carbocycles. The molecule has 2 aliphatic carbocycles. The van der Waals surface area contributed by atoms with Gasteiger partial charge in [0.15, 0.2) is 0 Å². The van der Waals surface area contributed by atoms with Crippen LogP contribution in [0.4, 0.5) is 39.8 Å². The first kappa shape index (κ1) is 48.0. The lowest BCUT2D eigenvalue weighted by atomic mass is 9.32. The lowest BCUT2D eigenvalue weighted by molar-refractivity contribution is 0.194. The zero-order valence-electron chi connectivity index (χ0n) is 53.3. The Balaban J connectivity index is 1.19. The van der Waals surface area contributed by atoms with Crippen molar-refractivity contribution in [2.24, 2.45) is 0 Å². The molecule has 1 aromatic heterocycles. The molecular weight excluding hydrogens is 974 g/mol. The van der Waals surface area contributed by atoms with Crippen LogP contribution in [0.15, 0.2) is 121 Å². The zero-order valence-corrected chi connectivity index (χ0v) is 51.1. The fourth-order valence-corrected chi connectivity index (χ4v) is 17.4. The van der Waals surface area contributed by atoms with Crippen LogP contribution in [-0.4, -0.2) is 17.8 Å². The molecule has 5 heteroatoms. The van der Waals surface area contributed by atoms with Crippen molar-refractivity contribution in [3.05, 3.63) is 155 Å². The van der Waals surface area contributed by atoms with Gasteiger partial charge in [-0.15, -0.1) is 11.3 Å². The maximum atomic E-state index is 10.4. The first-order valence-corrected chi connectivity index (χ1v) is 30.9. The fourth-order valence-electron chi connectivity index (χ4n) is 16.3. The SMILES string of the molecule is [2H]c1c([2H])c(C(C)(C)C)c([2H])c2c1N(c1cc3c4c(c1)N1c5c(cc(C(C)(C)C)cc5C5(C)CCCCC15C)B4c1c(ccc4sc5ccc(C(C)(C)C)cc5c14)N3c1ccc(C(C)(C)C)cc1-c1ccccc1)C1(C)CCCCC21C. The Labute approximate surface area is 482 Å². The first-order chi connectivity index (χ1) is 38.4. The van der Waals surface area contributed by atoms with Gasteiger partial charge in [0, 0.05) is 65.3 Å². The summed E-state index contributed by atoms with van der Waals surface area (Å²) in [5.41, 5.74) is 19.7. The zero-order chi connectivity index (χ0) is 58.1. The molecule has 14 rings (SSSR count). The topological polar surface area (TPSA) is 9.72 Å². The van der Waals surface area contributed by atoms with E-state index in [-0.39, 0.29) is 46.0 Å². The molecule has 5 heterocycles. The number of rotatable bonds is 3. The summed E-state index contributed by atoms with van der Waals surface area (Å²) in [6.45, 7) is 37.6. The molecule has 0 saturated heterocycles. The molecule has 4 atom stereocenters. The summed E-state index contributed by atoms with van der Waals surface area (Å²) in [5.74, 6) is 0. The molecule has 404 valence electrons. The minimum atomic E-state index is -0.483. The van der Waals surface area contributed by atoms with E-state index in [9.17, 15) is 4.11 Å². The molecule has 0 radical (unpaired) electrons. The van der Waals surface area contributed by atoms with Crippen LogP contribution in [0.5, 0.6) is 0 Å². The average molecular weight is 1060 g/mol. The summed E-state index contributed by atoms with van der Waals surface area (Å²) < 4.78 is 33.3. The molecule has 0 spiro atoms. The van der Waals surface area contributed by atoms with Crippen molar-refractivity contribution in [3.63, 3.8) is 0 Å². The van der Waals surface area contributed by atoms with Crippen LogP contribution < -0.4 is 31.1 Å². The molecule has 3 nitrogen and oxygen atoms in total. The second-order valence-corrected chi connectivity index (χ2v) is 31.3. The van der Waals surface area contributed by atoms with Gasteiger partial charge in [0.2, 0.25) is 0 Å². The molecule has 4 unspecified atom stereocenters.